The molecule has 0 aliphatic rings. The second-order valence-electron chi connectivity index (χ2n) is 7.97. The van der Waals surface area contributed by atoms with Gasteiger partial charge in [0, 0.05) is 33.2 Å². The predicted molar refractivity (Wildman–Crippen MR) is 138 cm³/mol. The minimum absolute atomic E-state index is 0.456. The zero-order valence-corrected chi connectivity index (χ0v) is 20.2. The highest BCUT2D eigenvalue weighted by molar-refractivity contribution is 7.98. The fourth-order valence-corrected chi connectivity index (χ4v) is 4.88. The van der Waals surface area contributed by atoms with Crippen LogP contribution in [-0.4, -0.2) is 29.9 Å². The molecule has 0 saturated heterocycles. The lowest BCUT2D eigenvalue weighted by Crippen LogP contribution is -2.01. The highest BCUT2D eigenvalue weighted by Gasteiger charge is 2.21. The number of nitrogens with zero attached hydrogens (tertiary/aromatic N) is 5. The number of halogens is 1. The van der Waals surface area contributed by atoms with Crippen molar-refractivity contribution in [3.8, 4) is 28.5 Å². The lowest BCUT2D eigenvalue weighted by atomic mass is 10.1. The molecule has 0 bridgehead atoms. The van der Waals surface area contributed by atoms with E-state index >= 15 is 0 Å². The Morgan fingerprint density at radius 3 is 2.57 bits per heavy atom. The molecule has 172 valence electrons. The number of thioether (sulfide) groups is 1. The lowest BCUT2D eigenvalue weighted by molar-refractivity contribution is 0.528. The topological polar surface area (TPSA) is 85.4 Å². The minimum atomic E-state index is 0.456. The molecule has 6 rings (SSSR count). The van der Waals surface area contributed by atoms with E-state index in [0.717, 1.165) is 44.3 Å². The maximum atomic E-state index is 5.98. The average molecular weight is 499 g/mol. The van der Waals surface area contributed by atoms with E-state index in [1.807, 2.05) is 42.6 Å². The van der Waals surface area contributed by atoms with Gasteiger partial charge in [-0.15, -0.1) is 20.4 Å². The van der Waals surface area contributed by atoms with Crippen molar-refractivity contribution < 1.29 is 4.42 Å². The molecule has 6 aromatic rings. The maximum Gasteiger partial charge on any atom is 0.247 e. The molecule has 0 fully saturated rings. The van der Waals surface area contributed by atoms with Gasteiger partial charge in [0.15, 0.2) is 11.0 Å². The normalized spacial score (nSPS) is 11.4. The first kappa shape index (κ1) is 21.6. The molecule has 0 aliphatic heterocycles. The average Bonchev–Trinajstić information content (AvgIpc) is 3.62. The molecule has 0 radical (unpaired) electrons. The first-order valence-corrected chi connectivity index (χ1v) is 12.3. The van der Waals surface area contributed by atoms with Gasteiger partial charge in [0.1, 0.15) is 0 Å². The van der Waals surface area contributed by atoms with Crippen molar-refractivity contribution in [1.82, 2.24) is 29.9 Å². The number of H-pyrrole nitrogens is 1. The summed E-state index contributed by atoms with van der Waals surface area (Å²) in [6.45, 7) is 2.08. The van der Waals surface area contributed by atoms with Crippen LogP contribution in [0.4, 0.5) is 0 Å². The van der Waals surface area contributed by atoms with Crippen molar-refractivity contribution in [3.05, 3.63) is 95.5 Å². The van der Waals surface area contributed by atoms with E-state index in [1.165, 1.54) is 11.8 Å². The van der Waals surface area contributed by atoms with Crippen molar-refractivity contribution in [2.45, 2.75) is 17.8 Å². The van der Waals surface area contributed by atoms with Crippen LogP contribution in [0, 0.1) is 6.92 Å². The third-order valence-corrected chi connectivity index (χ3v) is 6.87. The molecule has 7 nitrogen and oxygen atoms in total. The Morgan fingerprint density at radius 2 is 1.71 bits per heavy atom. The Bertz CT molecular complexity index is 1640. The zero-order valence-electron chi connectivity index (χ0n) is 18.6. The number of benzene rings is 3. The van der Waals surface area contributed by atoms with Crippen molar-refractivity contribution in [2.24, 2.45) is 0 Å². The Balaban J connectivity index is 1.36. The molecule has 0 saturated carbocycles. The molecule has 0 aliphatic carbocycles. The molecule has 0 atom stereocenters. The van der Waals surface area contributed by atoms with Gasteiger partial charge in [0.2, 0.25) is 11.8 Å². The number of hydrogen-bond acceptors (Lipinski definition) is 6. The van der Waals surface area contributed by atoms with Crippen molar-refractivity contribution >= 4 is 34.3 Å². The van der Waals surface area contributed by atoms with Crippen LogP contribution in [0.25, 0.3) is 39.4 Å². The fraction of sp³-hybridized carbons (Fsp3) is 0.0769. The lowest BCUT2D eigenvalue weighted by Gasteiger charge is -2.12. The van der Waals surface area contributed by atoms with E-state index in [2.05, 4.69) is 61.1 Å². The van der Waals surface area contributed by atoms with E-state index in [1.54, 1.807) is 12.1 Å². The molecule has 9 heteroatoms. The number of nitrogens with one attached hydrogen (secondary N) is 1. The highest BCUT2D eigenvalue weighted by Crippen LogP contribution is 2.34. The number of para-hydroxylation sites is 2. The largest absolute Gasteiger partial charge is 0.420 e. The fourth-order valence-electron chi connectivity index (χ4n) is 3.97. The molecule has 35 heavy (non-hydrogen) atoms. The van der Waals surface area contributed by atoms with Crippen LogP contribution in [0.3, 0.4) is 0 Å². The van der Waals surface area contributed by atoms with E-state index in [4.69, 9.17) is 16.0 Å². The van der Waals surface area contributed by atoms with Crippen molar-refractivity contribution in [2.75, 3.05) is 0 Å². The number of hydrogen-bond donors (Lipinski definition) is 1. The minimum Gasteiger partial charge on any atom is -0.420 e. The molecular formula is C26H19ClN6OS. The van der Waals surface area contributed by atoms with Gasteiger partial charge in [-0.2, -0.15) is 0 Å². The summed E-state index contributed by atoms with van der Waals surface area (Å²) in [5, 5.41) is 20.0. The van der Waals surface area contributed by atoms with E-state index in [0.29, 0.717) is 22.6 Å². The quantitative estimate of drug-likeness (QED) is 0.256. The van der Waals surface area contributed by atoms with E-state index in [-0.39, 0.29) is 0 Å². The molecule has 0 unspecified atom stereocenters. The van der Waals surface area contributed by atoms with Gasteiger partial charge in [0.05, 0.1) is 11.4 Å². The zero-order chi connectivity index (χ0) is 23.8. The van der Waals surface area contributed by atoms with Crippen LogP contribution in [0.5, 0.6) is 0 Å². The van der Waals surface area contributed by atoms with Crippen LogP contribution in [-0.2, 0) is 5.75 Å². The van der Waals surface area contributed by atoms with Gasteiger partial charge < -0.3 is 9.40 Å². The molecule has 3 heterocycles. The van der Waals surface area contributed by atoms with Gasteiger partial charge in [-0.05, 0) is 48.9 Å². The van der Waals surface area contributed by atoms with Gasteiger partial charge in [-0.25, -0.2) is 0 Å². The smallest absolute Gasteiger partial charge is 0.247 e. The SMILES string of the molecule is Cc1ccccc1-n1c(SCc2nnc(-c3ccc(Cl)cc3)o2)nnc1-c1c[nH]c2ccccc12. The monoisotopic (exact) mass is 498 g/mol. The van der Waals surface area contributed by atoms with Crippen LogP contribution in [0.15, 0.2) is 88.6 Å². The number of aromatic nitrogens is 6. The summed E-state index contributed by atoms with van der Waals surface area (Å²) in [5.41, 5.74) is 5.01. The summed E-state index contributed by atoms with van der Waals surface area (Å²) in [4.78, 5) is 3.34. The Kier molecular flexibility index (Phi) is 5.60. The Morgan fingerprint density at radius 1 is 0.914 bits per heavy atom. The molecule has 1 N–H and O–H groups in total. The second-order valence-corrected chi connectivity index (χ2v) is 9.35. The van der Waals surface area contributed by atoms with Gasteiger partial charge in [0.25, 0.3) is 0 Å². The van der Waals surface area contributed by atoms with Gasteiger partial charge in [-0.3, -0.25) is 4.57 Å². The number of fused-ring (bicyclic) bond motifs is 1. The van der Waals surface area contributed by atoms with Crippen molar-refractivity contribution in [1.29, 1.82) is 0 Å². The van der Waals surface area contributed by atoms with Crippen LogP contribution < -0.4 is 0 Å². The number of rotatable bonds is 6. The standard InChI is InChI=1S/C26H19ClN6OS/c1-16-6-2-5-9-22(16)33-24(20-14-28-21-8-4-3-7-19(20)21)30-32-26(33)35-15-23-29-31-25(34-23)17-10-12-18(27)13-11-17/h2-14,28H,15H2,1H3. The first-order chi connectivity index (χ1) is 17.2. The van der Waals surface area contributed by atoms with Gasteiger partial charge >= 0.3 is 0 Å². The van der Waals surface area contributed by atoms with Crippen LogP contribution >= 0.6 is 23.4 Å². The number of aryl methyl sites for hydroxylation is 1. The van der Waals surface area contributed by atoms with Crippen molar-refractivity contribution in [3.63, 3.8) is 0 Å². The van der Waals surface area contributed by atoms with Gasteiger partial charge in [-0.1, -0.05) is 59.8 Å². The summed E-state index contributed by atoms with van der Waals surface area (Å²) < 4.78 is 7.98. The molecular weight excluding hydrogens is 480 g/mol. The molecule has 0 amide bonds. The molecule has 0 spiro atoms. The Labute approximate surface area is 210 Å². The van der Waals surface area contributed by atoms with Crippen LogP contribution in [0.1, 0.15) is 11.5 Å². The van der Waals surface area contributed by atoms with E-state index < -0.39 is 0 Å². The number of aromatic amines is 1. The molecule has 3 aromatic carbocycles. The Hall–Kier alpha value is -3.88. The predicted octanol–water partition coefficient (Wildman–Crippen LogP) is 6.72. The third kappa shape index (κ3) is 4.11. The summed E-state index contributed by atoms with van der Waals surface area (Å²) in [6, 6.07) is 23.7. The highest BCUT2D eigenvalue weighted by atomic mass is 35.5. The molecule has 3 aromatic heterocycles. The summed E-state index contributed by atoms with van der Waals surface area (Å²) >= 11 is 7.48. The summed E-state index contributed by atoms with van der Waals surface area (Å²) in [7, 11) is 0. The maximum absolute atomic E-state index is 5.98. The first-order valence-electron chi connectivity index (χ1n) is 11.0. The summed E-state index contributed by atoms with van der Waals surface area (Å²) in [5.74, 6) is 2.19. The van der Waals surface area contributed by atoms with Crippen LogP contribution in [0.2, 0.25) is 5.02 Å². The van der Waals surface area contributed by atoms with E-state index in [9.17, 15) is 0 Å². The third-order valence-electron chi connectivity index (χ3n) is 5.70. The second kappa shape index (κ2) is 9.05. The summed E-state index contributed by atoms with van der Waals surface area (Å²) in [6.07, 6.45) is 1.98.